The van der Waals surface area contributed by atoms with Gasteiger partial charge in [0.05, 0.1) is 17.5 Å². The van der Waals surface area contributed by atoms with Gasteiger partial charge in [0.1, 0.15) is 36.1 Å². The molecule has 0 unspecified atom stereocenters. The lowest BCUT2D eigenvalue weighted by molar-refractivity contribution is 0.133. The third kappa shape index (κ3) is 6.87. The standard InChI is InChI=1S/C24H28Cl2N4O3S/c1-29-3-5-30(6-4-29)7-8-32-19-14-21-23(22(15-19)33-10-9-31-2)24(28-16-27-21)34-20-12-17(25)11-18(26)13-20/h11-16H,3-10H2,1-2H3. The second-order valence-electron chi connectivity index (χ2n) is 8.04. The predicted octanol–water partition coefficient (Wildman–Crippen LogP) is 4.74. The Morgan fingerprint density at radius 1 is 0.912 bits per heavy atom. The molecule has 0 atom stereocenters. The van der Waals surface area contributed by atoms with E-state index >= 15 is 0 Å². The lowest BCUT2D eigenvalue weighted by atomic mass is 10.2. The van der Waals surface area contributed by atoms with E-state index in [9.17, 15) is 0 Å². The van der Waals surface area contributed by atoms with Crippen molar-refractivity contribution in [1.82, 2.24) is 19.8 Å². The molecule has 1 fully saturated rings. The highest BCUT2D eigenvalue weighted by atomic mass is 35.5. The van der Waals surface area contributed by atoms with Crippen LogP contribution in [-0.4, -0.2) is 86.5 Å². The van der Waals surface area contributed by atoms with Crippen molar-refractivity contribution in [3.05, 3.63) is 46.7 Å². The Labute approximate surface area is 214 Å². The molecule has 0 amide bonds. The van der Waals surface area contributed by atoms with Gasteiger partial charge in [-0.1, -0.05) is 35.0 Å². The van der Waals surface area contributed by atoms with Crippen LogP contribution in [0.15, 0.2) is 46.6 Å². The minimum atomic E-state index is 0.401. The van der Waals surface area contributed by atoms with Crippen LogP contribution in [0.2, 0.25) is 10.0 Å². The molecule has 0 radical (unpaired) electrons. The monoisotopic (exact) mass is 522 g/mol. The van der Waals surface area contributed by atoms with Crippen molar-refractivity contribution in [2.75, 3.05) is 66.7 Å². The van der Waals surface area contributed by atoms with Crippen molar-refractivity contribution >= 4 is 45.9 Å². The van der Waals surface area contributed by atoms with Gasteiger partial charge in [0.15, 0.2) is 0 Å². The smallest absolute Gasteiger partial charge is 0.135 e. The molecule has 2 heterocycles. The van der Waals surface area contributed by atoms with Gasteiger partial charge in [-0.15, -0.1) is 0 Å². The normalized spacial score (nSPS) is 15.1. The van der Waals surface area contributed by atoms with Gasteiger partial charge >= 0.3 is 0 Å². The second-order valence-corrected chi connectivity index (χ2v) is 9.97. The number of likely N-dealkylation sites (N-methyl/N-ethyl adjacent to an activating group) is 1. The van der Waals surface area contributed by atoms with Gasteiger partial charge < -0.3 is 19.1 Å². The molecule has 1 aliphatic heterocycles. The minimum absolute atomic E-state index is 0.401. The molecule has 3 aromatic rings. The third-order valence-corrected chi connectivity index (χ3v) is 6.92. The zero-order valence-electron chi connectivity index (χ0n) is 19.3. The average molecular weight is 523 g/mol. The first-order valence-electron chi connectivity index (χ1n) is 11.1. The Kier molecular flexibility index (Phi) is 9.10. The largest absolute Gasteiger partial charge is 0.492 e. The van der Waals surface area contributed by atoms with Crippen molar-refractivity contribution in [2.24, 2.45) is 0 Å². The highest BCUT2D eigenvalue weighted by Crippen LogP contribution is 2.39. The van der Waals surface area contributed by atoms with Crippen molar-refractivity contribution in [3.8, 4) is 11.5 Å². The predicted molar refractivity (Wildman–Crippen MR) is 137 cm³/mol. The van der Waals surface area contributed by atoms with E-state index in [0.29, 0.717) is 35.6 Å². The van der Waals surface area contributed by atoms with Crippen LogP contribution in [0.25, 0.3) is 10.9 Å². The lowest BCUT2D eigenvalue weighted by Gasteiger charge is -2.32. The zero-order valence-corrected chi connectivity index (χ0v) is 21.6. The van der Waals surface area contributed by atoms with Gasteiger partial charge in [0, 0.05) is 66.9 Å². The van der Waals surface area contributed by atoms with Gasteiger partial charge in [0.2, 0.25) is 0 Å². The molecule has 0 aliphatic carbocycles. The molecule has 0 bridgehead atoms. The van der Waals surface area contributed by atoms with Crippen LogP contribution >= 0.6 is 35.0 Å². The number of nitrogens with zero attached hydrogens (tertiary/aromatic N) is 4. The highest BCUT2D eigenvalue weighted by Gasteiger charge is 2.16. The summed E-state index contributed by atoms with van der Waals surface area (Å²) in [7, 11) is 3.80. The fraction of sp³-hybridized carbons (Fsp3) is 0.417. The number of fused-ring (bicyclic) bond motifs is 1. The fourth-order valence-electron chi connectivity index (χ4n) is 3.67. The first-order valence-corrected chi connectivity index (χ1v) is 12.7. The van der Waals surface area contributed by atoms with E-state index in [1.54, 1.807) is 19.5 Å². The van der Waals surface area contributed by atoms with E-state index in [2.05, 4.69) is 26.8 Å². The van der Waals surface area contributed by atoms with E-state index in [0.717, 1.165) is 59.3 Å². The van der Waals surface area contributed by atoms with E-state index < -0.39 is 0 Å². The van der Waals surface area contributed by atoms with Crippen molar-refractivity contribution in [1.29, 1.82) is 0 Å². The molecule has 4 rings (SSSR count). The Morgan fingerprint density at radius 2 is 1.68 bits per heavy atom. The fourth-order valence-corrected chi connectivity index (χ4v) is 5.33. The first-order chi connectivity index (χ1) is 16.5. The third-order valence-electron chi connectivity index (χ3n) is 5.51. The van der Waals surface area contributed by atoms with Crippen LogP contribution in [0.5, 0.6) is 11.5 Å². The van der Waals surface area contributed by atoms with Gasteiger partial charge in [-0.3, -0.25) is 4.90 Å². The number of halogens is 2. The molecular weight excluding hydrogens is 495 g/mol. The van der Waals surface area contributed by atoms with Gasteiger partial charge in [0.25, 0.3) is 0 Å². The summed E-state index contributed by atoms with van der Waals surface area (Å²) in [6.45, 7) is 6.64. The van der Waals surface area contributed by atoms with E-state index in [1.807, 2.05) is 24.3 Å². The number of methoxy groups -OCH3 is 1. The maximum Gasteiger partial charge on any atom is 0.135 e. The molecular formula is C24H28Cl2N4O3S. The second kappa shape index (κ2) is 12.2. The summed E-state index contributed by atoms with van der Waals surface area (Å²) in [5.74, 6) is 1.37. The summed E-state index contributed by atoms with van der Waals surface area (Å²) < 4.78 is 17.3. The number of ether oxygens (including phenoxy) is 3. The minimum Gasteiger partial charge on any atom is -0.492 e. The van der Waals surface area contributed by atoms with Crippen LogP contribution < -0.4 is 9.47 Å². The van der Waals surface area contributed by atoms with Crippen LogP contribution in [0.3, 0.4) is 0 Å². The quantitative estimate of drug-likeness (QED) is 0.279. The number of hydrogen-bond acceptors (Lipinski definition) is 8. The summed E-state index contributed by atoms with van der Waals surface area (Å²) in [5, 5.41) is 2.70. The number of benzene rings is 2. The van der Waals surface area contributed by atoms with Crippen LogP contribution in [0.1, 0.15) is 0 Å². The van der Waals surface area contributed by atoms with Crippen molar-refractivity contribution in [3.63, 3.8) is 0 Å². The molecule has 2 aromatic carbocycles. The molecule has 0 spiro atoms. The first kappa shape index (κ1) is 25.3. The molecule has 182 valence electrons. The van der Waals surface area contributed by atoms with Crippen molar-refractivity contribution in [2.45, 2.75) is 9.92 Å². The molecule has 10 heteroatoms. The molecule has 1 aromatic heterocycles. The number of piperazine rings is 1. The van der Waals surface area contributed by atoms with Gasteiger partial charge in [-0.25, -0.2) is 9.97 Å². The molecule has 1 aliphatic rings. The highest BCUT2D eigenvalue weighted by molar-refractivity contribution is 7.99. The molecule has 0 N–H and O–H groups in total. The maximum atomic E-state index is 6.19. The number of rotatable bonds is 10. The van der Waals surface area contributed by atoms with E-state index in [1.165, 1.54) is 11.8 Å². The summed E-state index contributed by atoms with van der Waals surface area (Å²) in [6.07, 6.45) is 1.55. The zero-order chi connectivity index (χ0) is 23.9. The summed E-state index contributed by atoms with van der Waals surface area (Å²) >= 11 is 13.8. The Balaban J connectivity index is 1.56. The summed E-state index contributed by atoms with van der Waals surface area (Å²) in [6, 6.07) is 9.25. The maximum absolute atomic E-state index is 6.19. The summed E-state index contributed by atoms with van der Waals surface area (Å²) in [4.78, 5) is 14.7. The topological polar surface area (TPSA) is 60.0 Å². The average Bonchev–Trinajstić information content (AvgIpc) is 2.80. The van der Waals surface area contributed by atoms with Gasteiger partial charge in [-0.2, -0.15) is 0 Å². The van der Waals surface area contributed by atoms with Crippen LogP contribution in [-0.2, 0) is 4.74 Å². The van der Waals surface area contributed by atoms with Crippen molar-refractivity contribution < 1.29 is 14.2 Å². The molecule has 1 saturated heterocycles. The van der Waals surface area contributed by atoms with E-state index in [4.69, 9.17) is 37.4 Å². The van der Waals surface area contributed by atoms with Gasteiger partial charge in [-0.05, 0) is 25.2 Å². The Bertz CT molecular complexity index is 1090. The number of aromatic nitrogens is 2. The Hall–Kier alpha value is -1.81. The SMILES string of the molecule is COCCOc1cc(OCCN2CCN(C)CC2)cc2ncnc(Sc3cc(Cl)cc(Cl)c3)c12. The van der Waals surface area contributed by atoms with Crippen LogP contribution in [0.4, 0.5) is 0 Å². The molecule has 34 heavy (non-hydrogen) atoms. The number of hydrogen-bond donors (Lipinski definition) is 0. The summed E-state index contributed by atoms with van der Waals surface area (Å²) in [5.41, 5.74) is 0.745. The lowest BCUT2D eigenvalue weighted by Crippen LogP contribution is -2.45. The molecule has 0 saturated carbocycles. The Morgan fingerprint density at radius 3 is 2.41 bits per heavy atom. The van der Waals surface area contributed by atoms with Crippen LogP contribution in [0, 0.1) is 0 Å². The van der Waals surface area contributed by atoms with E-state index in [-0.39, 0.29) is 0 Å². The molecule has 7 nitrogen and oxygen atoms in total.